The van der Waals surface area contributed by atoms with Crippen LogP contribution in [-0.2, 0) is 4.79 Å². The minimum atomic E-state index is -0.388. The van der Waals surface area contributed by atoms with Crippen LogP contribution >= 0.6 is 11.6 Å². The molecule has 1 saturated heterocycles. The van der Waals surface area contributed by atoms with Gasteiger partial charge in [-0.3, -0.25) is 4.79 Å². The lowest BCUT2D eigenvalue weighted by atomic mass is 10.2. The molecule has 1 fully saturated rings. The standard InChI is InChI=1S/C10H13ClN4O/c11-7-2-1-3-14-10(7)15-5-4-13-6-8(15)9(12)16/h1-3,8,13H,4-6H2,(H2,12,16). The van der Waals surface area contributed by atoms with Gasteiger partial charge in [0.1, 0.15) is 11.9 Å². The van der Waals surface area contributed by atoms with Crippen molar-refractivity contribution in [3.05, 3.63) is 23.4 Å². The summed E-state index contributed by atoms with van der Waals surface area (Å²) in [4.78, 5) is 17.4. The second kappa shape index (κ2) is 4.67. The molecule has 0 radical (unpaired) electrons. The second-order valence-electron chi connectivity index (χ2n) is 3.62. The van der Waals surface area contributed by atoms with E-state index in [1.54, 1.807) is 18.3 Å². The molecule has 1 aromatic rings. The fourth-order valence-corrected chi connectivity index (χ4v) is 2.03. The van der Waals surface area contributed by atoms with Gasteiger partial charge in [-0.15, -0.1) is 0 Å². The summed E-state index contributed by atoms with van der Waals surface area (Å²) < 4.78 is 0. The molecule has 1 aliphatic rings. The van der Waals surface area contributed by atoms with E-state index < -0.39 is 0 Å². The SMILES string of the molecule is NC(=O)C1CNCCN1c1ncccc1Cl. The number of carbonyl (C=O) groups excluding carboxylic acids is 1. The minimum Gasteiger partial charge on any atom is -0.368 e. The number of rotatable bonds is 2. The van der Waals surface area contributed by atoms with E-state index in [1.807, 2.05) is 4.90 Å². The lowest BCUT2D eigenvalue weighted by molar-refractivity contribution is -0.119. The van der Waals surface area contributed by atoms with Crippen LogP contribution in [0.4, 0.5) is 5.82 Å². The van der Waals surface area contributed by atoms with Crippen LogP contribution < -0.4 is 16.0 Å². The number of nitrogens with one attached hydrogen (secondary N) is 1. The van der Waals surface area contributed by atoms with Crippen molar-refractivity contribution < 1.29 is 4.79 Å². The highest BCUT2D eigenvalue weighted by Gasteiger charge is 2.28. The summed E-state index contributed by atoms with van der Waals surface area (Å²) in [5, 5.41) is 3.66. The van der Waals surface area contributed by atoms with Gasteiger partial charge in [-0.2, -0.15) is 0 Å². The zero-order valence-electron chi connectivity index (χ0n) is 8.69. The van der Waals surface area contributed by atoms with Crippen molar-refractivity contribution >= 4 is 23.3 Å². The van der Waals surface area contributed by atoms with Crippen LogP contribution in [0.15, 0.2) is 18.3 Å². The summed E-state index contributed by atoms with van der Waals surface area (Å²) >= 11 is 6.05. The van der Waals surface area contributed by atoms with Crippen molar-refractivity contribution in [3.8, 4) is 0 Å². The van der Waals surface area contributed by atoms with E-state index >= 15 is 0 Å². The van der Waals surface area contributed by atoms with Crippen LogP contribution in [0.2, 0.25) is 5.02 Å². The van der Waals surface area contributed by atoms with Crippen molar-refractivity contribution in [1.82, 2.24) is 10.3 Å². The zero-order chi connectivity index (χ0) is 11.5. The molecule has 1 aromatic heterocycles. The van der Waals surface area contributed by atoms with Crippen LogP contribution in [0.25, 0.3) is 0 Å². The zero-order valence-corrected chi connectivity index (χ0v) is 9.44. The van der Waals surface area contributed by atoms with E-state index in [-0.39, 0.29) is 11.9 Å². The Morgan fingerprint density at radius 2 is 2.50 bits per heavy atom. The summed E-state index contributed by atoms with van der Waals surface area (Å²) in [6.07, 6.45) is 1.65. The minimum absolute atomic E-state index is 0.367. The molecule has 3 N–H and O–H groups in total. The largest absolute Gasteiger partial charge is 0.368 e. The monoisotopic (exact) mass is 240 g/mol. The summed E-state index contributed by atoms with van der Waals surface area (Å²) in [5.41, 5.74) is 5.35. The Bertz CT molecular complexity index is 398. The van der Waals surface area contributed by atoms with Gasteiger partial charge in [0, 0.05) is 25.8 Å². The van der Waals surface area contributed by atoms with Gasteiger partial charge in [0.15, 0.2) is 0 Å². The summed E-state index contributed by atoms with van der Waals surface area (Å²) in [6.45, 7) is 1.99. The molecular formula is C10H13ClN4O. The van der Waals surface area contributed by atoms with Gasteiger partial charge >= 0.3 is 0 Å². The molecule has 1 unspecified atom stereocenters. The molecule has 6 heteroatoms. The number of amides is 1. The molecule has 2 rings (SSSR count). The van der Waals surface area contributed by atoms with Crippen molar-refractivity contribution in [2.24, 2.45) is 5.73 Å². The van der Waals surface area contributed by atoms with Gasteiger partial charge in [0.25, 0.3) is 0 Å². The quantitative estimate of drug-likeness (QED) is 0.763. The predicted molar refractivity (Wildman–Crippen MR) is 62.4 cm³/mol. The molecule has 16 heavy (non-hydrogen) atoms. The predicted octanol–water partition coefficient (Wildman–Crippen LogP) is -0.00150. The first kappa shape index (κ1) is 11.2. The number of halogens is 1. The summed E-state index contributed by atoms with van der Waals surface area (Å²) in [7, 11) is 0. The van der Waals surface area contributed by atoms with E-state index in [2.05, 4.69) is 10.3 Å². The molecule has 1 amide bonds. The Balaban J connectivity index is 2.30. The molecule has 0 spiro atoms. The number of aromatic nitrogens is 1. The van der Waals surface area contributed by atoms with E-state index in [1.165, 1.54) is 0 Å². The van der Waals surface area contributed by atoms with Gasteiger partial charge in [0.2, 0.25) is 5.91 Å². The number of nitrogens with zero attached hydrogens (tertiary/aromatic N) is 2. The number of hydrogen-bond donors (Lipinski definition) is 2. The van der Waals surface area contributed by atoms with E-state index in [4.69, 9.17) is 17.3 Å². The number of nitrogens with two attached hydrogens (primary N) is 1. The number of piperazine rings is 1. The highest BCUT2D eigenvalue weighted by atomic mass is 35.5. The number of anilines is 1. The van der Waals surface area contributed by atoms with Crippen LogP contribution in [0.5, 0.6) is 0 Å². The Hall–Kier alpha value is -1.33. The van der Waals surface area contributed by atoms with Crippen LogP contribution in [0.1, 0.15) is 0 Å². The first-order chi connectivity index (χ1) is 7.70. The van der Waals surface area contributed by atoms with E-state index in [0.717, 1.165) is 6.54 Å². The number of carbonyl (C=O) groups is 1. The summed E-state index contributed by atoms with van der Waals surface area (Å²) in [5.74, 6) is 0.253. The first-order valence-electron chi connectivity index (χ1n) is 5.07. The molecule has 0 bridgehead atoms. The fourth-order valence-electron chi connectivity index (χ4n) is 1.80. The second-order valence-corrected chi connectivity index (χ2v) is 4.03. The van der Waals surface area contributed by atoms with Crippen LogP contribution in [0, 0.1) is 0 Å². The highest BCUT2D eigenvalue weighted by molar-refractivity contribution is 6.33. The molecule has 0 aliphatic carbocycles. The van der Waals surface area contributed by atoms with Crippen molar-refractivity contribution in [3.63, 3.8) is 0 Å². The van der Waals surface area contributed by atoms with Crippen molar-refractivity contribution in [2.45, 2.75) is 6.04 Å². The molecule has 86 valence electrons. The Kier molecular flexibility index (Phi) is 3.26. The number of primary amides is 1. The average Bonchev–Trinajstić information content (AvgIpc) is 2.29. The fraction of sp³-hybridized carbons (Fsp3) is 0.400. The van der Waals surface area contributed by atoms with E-state index in [9.17, 15) is 4.79 Å². The highest BCUT2D eigenvalue weighted by Crippen LogP contribution is 2.24. The van der Waals surface area contributed by atoms with Gasteiger partial charge in [-0.25, -0.2) is 4.98 Å². The Morgan fingerprint density at radius 3 is 3.19 bits per heavy atom. The van der Waals surface area contributed by atoms with Gasteiger partial charge in [0.05, 0.1) is 5.02 Å². The number of hydrogen-bond acceptors (Lipinski definition) is 4. The molecule has 1 aliphatic heterocycles. The maximum atomic E-state index is 11.3. The maximum absolute atomic E-state index is 11.3. The molecule has 1 atom stereocenters. The van der Waals surface area contributed by atoms with Crippen molar-refractivity contribution in [1.29, 1.82) is 0 Å². The topological polar surface area (TPSA) is 71.2 Å². The number of pyridine rings is 1. The smallest absolute Gasteiger partial charge is 0.241 e. The first-order valence-corrected chi connectivity index (χ1v) is 5.45. The van der Waals surface area contributed by atoms with Gasteiger partial charge in [-0.05, 0) is 12.1 Å². The van der Waals surface area contributed by atoms with Crippen LogP contribution in [0.3, 0.4) is 0 Å². The van der Waals surface area contributed by atoms with E-state index in [0.29, 0.717) is 23.9 Å². The third-order valence-electron chi connectivity index (χ3n) is 2.58. The van der Waals surface area contributed by atoms with Gasteiger partial charge in [-0.1, -0.05) is 11.6 Å². The molecule has 5 nitrogen and oxygen atoms in total. The van der Waals surface area contributed by atoms with Crippen LogP contribution in [-0.4, -0.2) is 36.6 Å². The maximum Gasteiger partial charge on any atom is 0.241 e. The molecule has 0 saturated carbocycles. The van der Waals surface area contributed by atoms with Crippen molar-refractivity contribution in [2.75, 3.05) is 24.5 Å². The molecule has 0 aromatic carbocycles. The summed E-state index contributed by atoms with van der Waals surface area (Å²) in [6, 6.07) is 3.12. The molecular weight excluding hydrogens is 228 g/mol. The normalized spacial score (nSPS) is 20.8. The van der Waals surface area contributed by atoms with Gasteiger partial charge < -0.3 is 16.0 Å². The lowest BCUT2D eigenvalue weighted by Gasteiger charge is -2.35. The third-order valence-corrected chi connectivity index (χ3v) is 2.88. The Morgan fingerprint density at radius 1 is 1.69 bits per heavy atom. The molecule has 2 heterocycles. The third kappa shape index (κ3) is 2.10. The average molecular weight is 241 g/mol. The lowest BCUT2D eigenvalue weighted by Crippen LogP contribution is -2.57. The Labute approximate surface area is 98.6 Å².